The third-order valence-electron chi connectivity index (χ3n) is 3.98. The van der Waals surface area contributed by atoms with Crippen LogP contribution in [0.5, 0.6) is 11.6 Å². The number of nitrogens with one attached hydrogen (secondary N) is 1. The molecule has 26 heavy (non-hydrogen) atoms. The Morgan fingerprint density at radius 2 is 2.00 bits per heavy atom. The fourth-order valence-corrected chi connectivity index (χ4v) is 2.67. The first-order valence-electron chi connectivity index (χ1n) is 8.50. The number of morpholine rings is 1. The van der Waals surface area contributed by atoms with Gasteiger partial charge >= 0.3 is 11.6 Å². The van der Waals surface area contributed by atoms with Crippen molar-refractivity contribution in [3.63, 3.8) is 0 Å². The summed E-state index contributed by atoms with van der Waals surface area (Å²) in [4.78, 5) is 21.2. The molecule has 0 unspecified atom stereocenters. The Labute approximate surface area is 151 Å². The van der Waals surface area contributed by atoms with Crippen LogP contribution in [0.3, 0.4) is 0 Å². The highest BCUT2D eigenvalue weighted by Crippen LogP contribution is 2.33. The number of para-hydroxylation sites is 1. The lowest BCUT2D eigenvalue weighted by Gasteiger charge is -2.26. The highest BCUT2D eigenvalue weighted by atomic mass is 16.6. The van der Waals surface area contributed by atoms with Crippen LogP contribution in [0.2, 0.25) is 0 Å². The topological polar surface area (TPSA) is 103 Å². The Kier molecular flexibility index (Phi) is 6.29. The fraction of sp³-hybridized carbons (Fsp3) is 0.412. The number of anilines is 1. The number of rotatable bonds is 8. The van der Waals surface area contributed by atoms with Gasteiger partial charge in [0.15, 0.2) is 0 Å². The van der Waals surface area contributed by atoms with Crippen molar-refractivity contribution in [1.82, 2.24) is 14.9 Å². The zero-order chi connectivity index (χ0) is 18.2. The fourth-order valence-electron chi connectivity index (χ4n) is 2.67. The van der Waals surface area contributed by atoms with Gasteiger partial charge in [-0.2, -0.15) is 4.98 Å². The van der Waals surface area contributed by atoms with Crippen LogP contribution in [-0.4, -0.2) is 59.2 Å². The first-order valence-corrected chi connectivity index (χ1v) is 8.50. The van der Waals surface area contributed by atoms with E-state index in [-0.39, 0.29) is 17.4 Å². The molecule has 1 aliphatic heterocycles. The molecule has 3 rings (SSSR count). The van der Waals surface area contributed by atoms with E-state index in [0.717, 1.165) is 39.3 Å². The zero-order valence-electron chi connectivity index (χ0n) is 14.3. The maximum atomic E-state index is 11.5. The average molecular weight is 359 g/mol. The Morgan fingerprint density at radius 1 is 1.23 bits per heavy atom. The summed E-state index contributed by atoms with van der Waals surface area (Å²) in [5, 5.41) is 14.5. The number of nitro groups is 1. The van der Waals surface area contributed by atoms with Crippen molar-refractivity contribution in [2.24, 2.45) is 0 Å². The normalized spacial score (nSPS) is 14.8. The Morgan fingerprint density at radius 3 is 2.73 bits per heavy atom. The molecule has 1 aromatic heterocycles. The number of nitrogens with zero attached hydrogens (tertiary/aromatic N) is 4. The van der Waals surface area contributed by atoms with E-state index in [4.69, 9.17) is 9.47 Å². The van der Waals surface area contributed by atoms with Crippen LogP contribution in [0, 0.1) is 10.1 Å². The molecule has 9 nitrogen and oxygen atoms in total. The molecule has 0 amide bonds. The predicted octanol–water partition coefficient (Wildman–Crippen LogP) is 2.31. The van der Waals surface area contributed by atoms with E-state index in [2.05, 4.69) is 20.2 Å². The number of hydrogen-bond acceptors (Lipinski definition) is 8. The van der Waals surface area contributed by atoms with Gasteiger partial charge in [0, 0.05) is 19.6 Å². The molecular weight excluding hydrogens is 338 g/mol. The zero-order valence-corrected chi connectivity index (χ0v) is 14.3. The van der Waals surface area contributed by atoms with Gasteiger partial charge in [0.05, 0.1) is 18.1 Å². The molecule has 1 aromatic carbocycles. The Balaban J connectivity index is 1.62. The van der Waals surface area contributed by atoms with Crippen LogP contribution in [0.1, 0.15) is 6.42 Å². The molecule has 138 valence electrons. The van der Waals surface area contributed by atoms with Crippen molar-refractivity contribution in [2.45, 2.75) is 6.42 Å². The van der Waals surface area contributed by atoms with Crippen molar-refractivity contribution in [3.8, 4) is 11.6 Å². The van der Waals surface area contributed by atoms with Gasteiger partial charge in [-0.15, -0.1) is 0 Å². The lowest BCUT2D eigenvalue weighted by atomic mass is 10.3. The van der Waals surface area contributed by atoms with Crippen LogP contribution < -0.4 is 10.1 Å². The second kappa shape index (κ2) is 9.07. The van der Waals surface area contributed by atoms with E-state index in [1.807, 2.05) is 6.07 Å². The van der Waals surface area contributed by atoms with Gasteiger partial charge in [0.25, 0.3) is 0 Å². The van der Waals surface area contributed by atoms with Crippen LogP contribution in [0.15, 0.2) is 36.7 Å². The third-order valence-corrected chi connectivity index (χ3v) is 3.98. The Bertz CT molecular complexity index is 722. The highest BCUT2D eigenvalue weighted by molar-refractivity contribution is 5.61. The number of hydrogen-bond donors (Lipinski definition) is 1. The maximum absolute atomic E-state index is 11.5. The lowest BCUT2D eigenvalue weighted by molar-refractivity contribution is -0.385. The highest BCUT2D eigenvalue weighted by Gasteiger charge is 2.24. The van der Waals surface area contributed by atoms with Gasteiger partial charge in [-0.3, -0.25) is 15.0 Å². The molecule has 1 aliphatic rings. The number of aromatic nitrogens is 2. The summed E-state index contributed by atoms with van der Waals surface area (Å²) in [5.74, 6) is 0.567. The van der Waals surface area contributed by atoms with E-state index in [1.54, 1.807) is 24.3 Å². The average Bonchev–Trinajstić information content (AvgIpc) is 2.67. The summed E-state index contributed by atoms with van der Waals surface area (Å²) < 4.78 is 10.9. The molecule has 0 aliphatic carbocycles. The van der Waals surface area contributed by atoms with Crippen LogP contribution >= 0.6 is 0 Å². The largest absolute Gasteiger partial charge is 0.434 e. The molecule has 0 saturated carbocycles. The standard InChI is InChI=1S/C17H21N5O4/c23-22(24)15-16(18-7-4-8-21-9-11-25-12-10-21)19-13-20-17(15)26-14-5-2-1-3-6-14/h1-3,5-6,13H,4,7-12H2,(H,18,19,20). The molecule has 0 atom stereocenters. The molecule has 0 radical (unpaired) electrons. The monoisotopic (exact) mass is 359 g/mol. The second-order valence-electron chi connectivity index (χ2n) is 5.78. The molecule has 2 aromatic rings. The molecule has 9 heteroatoms. The second-order valence-corrected chi connectivity index (χ2v) is 5.78. The minimum Gasteiger partial charge on any atom is -0.434 e. The van der Waals surface area contributed by atoms with Crippen molar-refractivity contribution < 1.29 is 14.4 Å². The van der Waals surface area contributed by atoms with Gasteiger partial charge in [0.2, 0.25) is 5.82 Å². The van der Waals surface area contributed by atoms with E-state index in [1.165, 1.54) is 6.33 Å². The Hall–Kier alpha value is -2.78. The van der Waals surface area contributed by atoms with Gasteiger partial charge in [-0.25, -0.2) is 4.98 Å². The molecular formula is C17H21N5O4. The van der Waals surface area contributed by atoms with Gasteiger partial charge in [-0.05, 0) is 25.1 Å². The van der Waals surface area contributed by atoms with E-state index < -0.39 is 4.92 Å². The SMILES string of the molecule is O=[N+]([O-])c1c(NCCCN2CCOCC2)ncnc1Oc1ccccc1. The van der Waals surface area contributed by atoms with Crippen molar-refractivity contribution in [3.05, 3.63) is 46.8 Å². The minimum absolute atomic E-state index is 0.0770. The van der Waals surface area contributed by atoms with E-state index >= 15 is 0 Å². The summed E-state index contributed by atoms with van der Waals surface area (Å²) >= 11 is 0. The van der Waals surface area contributed by atoms with Gasteiger partial charge < -0.3 is 14.8 Å². The number of benzene rings is 1. The van der Waals surface area contributed by atoms with E-state index in [0.29, 0.717) is 12.3 Å². The number of ether oxygens (including phenoxy) is 2. The predicted molar refractivity (Wildman–Crippen MR) is 95.6 cm³/mol. The molecule has 1 N–H and O–H groups in total. The van der Waals surface area contributed by atoms with Crippen molar-refractivity contribution in [1.29, 1.82) is 0 Å². The first kappa shape index (κ1) is 18.0. The lowest BCUT2D eigenvalue weighted by Crippen LogP contribution is -2.37. The minimum atomic E-state index is -0.525. The quantitative estimate of drug-likeness (QED) is 0.435. The van der Waals surface area contributed by atoms with Crippen LogP contribution in [0.4, 0.5) is 11.5 Å². The molecule has 1 fully saturated rings. The van der Waals surface area contributed by atoms with Gasteiger partial charge in [-0.1, -0.05) is 18.2 Å². The molecule has 2 heterocycles. The summed E-state index contributed by atoms with van der Waals surface area (Å²) in [6.07, 6.45) is 2.10. The van der Waals surface area contributed by atoms with Crippen molar-refractivity contribution in [2.75, 3.05) is 44.7 Å². The van der Waals surface area contributed by atoms with Gasteiger partial charge in [0.1, 0.15) is 12.1 Å². The van der Waals surface area contributed by atoms with Crippen LogP contribution in [-0.2, 0) is 4.74 Å². The summed E-state index contributed by atoms with van der Waals surface area (Å²) in [7, 11) is 0. The summed E-state index contributed by atoms with van der Waals surface area (Å²) in [5.41, 5.74) is -0.261. The molecule has 0 bridgehead atoms. The summed E-state index contributed by atoms with van der Waals surface area (Å²) in [6.45, 7) is 4.82. The third kappa shape index (κ3) is 4.87. The van der Waals surface area contributed by atoms with Crippen LogP contribution in [0.25, 0.3) is 0 Å². The maximum Gasteiger partial charge on any atom is 0.373 e. The smallest absolute Gasteiger partial charge is 0.373 e. The van der Waals surface area contributed by atoms with E-state index in [9.17, 15) is 10.1 Å². The first-order chi connectivity index (χ1) is 12.7. The van der Waals surface area contributed by atoms with Crippen molar-refractivity contribution >= 4 is 11.5 Å². The molecule has 0 spiro atoms. The summed E-state index contributed by atoms with van der Waals surface area (Å²) in [6, 6.07) is 8.82. The molecule has 1 saturated heterocycles.